The van der Waals surface area contributed by atoms with Gasteiger partial charge in [-0.15, -0.1) is 0 Å². The number of carbonyl (C=O) groups is 2. The van der Waals surface area contributed by atoms with E-state index in [2.05, 4.69) is 15.8 Å². The molecule has 140 valence electrons. The van der Waals surface area contributed by atoms with Crippen molar-refractivity contribution in [2.75, 3.05) is 5.32 Å². The van der Waals surface area contributed by atoms with Gasteiger partial charge in [-0.1, -0.05) is 37.3 Å². The summed E-state index contributed by atoms with van der Waals surface area (Å²) in [5.74, 6) is 0.463. The fourth-order valence-corrected chi connectivity index (χ4v) is 2.82. The van der Waals surface area contributed by atoms with E-state index < -0.39 is 6.10 Å². The van der Waals surface area contributed by atoms with Crippen LogP contribution >= 0.6 is 0 Å². The number of ether oxygens (including phenoxy) is 1. The Labute approximate surface area is 158 Å². The zero-order valence-corrected chi connectivity index (χ0v) is 15.5. The van der Waals surface area contributed by atoms with Crippen LogP contribution < -0.4 is 15.5 Å². The second-order valence-corrected chi connectivity index (χ2v) is 6.44. The third-order valence-electron chi connectivity index (χ3n) is 4.42. The second-order valence-electron chi connectivity index (χ2n) is 6.44. The van der Waals surface area contributed by atoms with Crippen molar-refractivity contribution in [2.45, 2.75) is 39.2 Å². The molecule has 2 amide bonds. The topological polar surface area (TPSA) is 79.8 Å². The highest BCUT2D eigenvalue weighted by Crippen LogP contribution is 2.20. The summed E-state index contributed by atoms with van der Waals surface area (Å²) in [5.41, 5.74) is 5.94. The summed E-state index contributed by atoms with van der Waals surface area (Å²) < 4.78 is 5.89. The van der Waals surface area contributed by atoms with Gasteiger partial charge >= 0.3 is 0 Å². The molecule has 27 heavy (non-hydrogen) atoms. The van der Waals surface area contributed by atoms with Crippen molar-refractivity contribution in [1.82, 2.24) is 5.43 Å². The molecule has 1 aliphatic heterocycles. The number of carbonyl (C=O) groups excluding carboxylic acids is 2. The Balaban J connectivity index is 1.64. The smallest absolute Gasteiger partial charge is 0.265 e. The van der Waals surface area contributed by atoms with Crippen molar-refractivity contribution in [2.24, 2.45) is 5.10 Å². The molecule has 1 heterocycles. The summed E-state index contributed by atoms with van der Waals surface area (Å²) >= 11 is 0. The van der Waals surface area contributed by atoms with E-state index in [0.717, 1.165) is 16.8 Å². The molecule has 0 fully saturated rings. The van der Waals surface area contributed by atoms with E-state index in [9.17, 15) is 9.59 Å². The summed E-state index contributed by atoms with van der Waals surface area (Å²) in [4.78, 5) is 23.8. The Morgan fingerprint density at radius 2 is 1.93 bits per heavy atom. The molecule has 2 aromatic carbocycles. The molecule has 0 saturated heterocycles. The largest absolute Gasteiger partial charge is 0.480 e. The number of rotatable bonds is 6. The zero-order chi connectivity index (χ0) is 19.2. The highest BCUT2D eigenvalue weighted by molar-refractivity contribution is 6.04. The number of anilines is 1. The first-order chi connectivity index (χ1) is 13.1. The van der Waals surface area contributed by atoms with Gasteiger partial charge in [0.2, 0.25) is 5.91 Å². The number of benzene rings is 2. The minimum absolute atomic E-state index is 0.0677. The Morgan fingerprint density at radius 1 is 1.19 bits per heavy atom. The SMILES string of the molecule is CCC(Oc1ccccc1C)C(=O)Nc1ccc(C2=NNC(=O)CC2)cc1. The normalized spacial score (nSPS) is 14.7. The van der Waals surface area contributed by atoms with Crippen molar-refractivity contribution in [1.29, 1.82) is 0 Å². The number of hydrogen-bond acceptors (Lipinski definition) is 4. The van der Waals surface area contributed by atoms with Crippen LogP contribution in [0, 0.1) is 6.92 Å². The molecule has 2 N–H and O–H groups in total. The first-order valence-corrected chi connectivity index (χ1v) is 9.06. The van der Waals surface area contributed by atoms with E-state index in [1.807, 2.05) is 62.4 Å². The number of para-hydroxylation sites is 1. The highest BCUT2D eigenvalue weighted by atomic mass is 16.5. The molecule has 0 radical (unpaired) electrons. The molecule has 1 atom stereocenters. The van der Waals surface area contributed by atoms with E-state index in [4.69, 9.17) is 4.74 Å². The van der Waals surface area contributed by atoms with Crippen LogP contribution in [-0.4, -0.2) is 23.6 Å². The predicted octanol–water partition coefficient (Wildman–Crippen LogP) is 3.41. The van der Waals surface area contributed by atoms with Crippen LogP contribution in [0.1, 0.15) is 37.3 Å². The maximum Gasteiger partial charge on any atom is 0.265 e. The molecular formula is C21H23N3O3. The fourth-order valence-electron chi connectivity index (χ4n) is 2.82. The van der Waals surface area contributed by atoms with Gasteiger partial charge in [0.15, 0.2) is 6.10 Å². The third-order valence-corrected chi connectivity index (χ3v) is 4.42. The lowest BCUT2D eigenvalue weighted by molar-refractivity contribution is -0.123. The second kappa shape index (κ2) is 8.49. The standard InChI is InChI=1S/C21H23N3O3/c1-3-18(27-19-7-5-4-6-14(19)2)21(26)22-16-10-8-15(9-11-16)17-12-13-20(25)24-23-17/h4-11,18H,3,12-13H2,1-2H3,(H,22,26)(H,24,25). The van der Waals surface area contributed by atoms with E-state index in [1.54, 1.807) is 0 Å². The van der Waals surface area contributed by atoms with Crippen LogP contribution in [0.3, 0.4) is 0 Å². The molecule has 0 spiro atoms. The molecule has 0 aromatic heterocycles. The minimum atomic E-state index is -0.566. The van der Waals surface area contributed by atoms with Gasteiger partial charge in [0.1, 0.15) is 5.75 Å². The number of nitrogens with one attached hydrogen (secondary N) is 2. The van der Waals surface area contributed by atoms with Crippen LogP contribution in [0.5, 0.6) is 5.75 Å². The lowest BCUT2D eigenvalue weighted by Crippen LogP contribution is -2.32. The number of amides is 2. The minimum Gasteiger partial charge on any atom is -0.480 e. The van der Waals surface area contributed by atoms with Gasteiger partial charge in [0.05, 0.1) is 5.71 Å². The lowest BCUT2D eigenvalue weighted by atomic mass is 10.0. The lowest BCUT2D eigenvalue weighted by Gasteiger charge is -2.19. The van der Waals surface area contributed by atoms with Gasteiger partial charge in [-0.3, -0.25) is 9.59 Å². The third kappa shape index (κ3) is 4.73. The number of hydrazone groups is 1. The first kappa shape index (κ1) is 18.6. The quantitative estimate of drug-likeness (QED) is 0.823. The molecule has 0 saturated carbocycles. The van der Waals surface area contributed by atoms with Gasteiger partial charge in [-0.25, -0.2) is 5.43 Å². The summed E-state index contributed by atoms with van der Waals surface area (Å²) in [6.07, 6.45) is 1.05. The number of aryl methyl sites for hydroxylation is 1. The van der Waals surface area contributed by atoms with Crippen LogP contribution in [0.15, 0.2) is 53.6 Å². The summed E-state index contributed by atoms with van der Waals surface area (Å²) in [6, 6.07) is 15.1. The van der Waals surface area contributed by atoms with E-state index >= 15 is 0 Å². The fraction of sp³-hybridized carbons (Fsp3) is 0.286. The first-order valence-electron chi connectivity index (χ1n) is 9.06. The van der Waals surface area contributed by atoms with Crippen LogP contribution in [0.2, 0.25) is 0 Å². The van der Waals surface area contributed by atoms with Gasteiger partial charge in [-0.2, -0.15) is 5.10 Å². The molecule has 3 rings (SSSR count). The molecule has 2 aromatic rings. The predicted molar refractivity (Wildman–Crippen MR) is 105 cm³/mol. The summed E-state index contributed by atoms with van der Waals surface area (Å²) in [7, 11) is 0. The average molecular weight is 365 g/mol. The highest BCUT2D eigenvalue weighted by Gasteiger charge is 2.19. The van der Waals surface area contributed by atoms with Gasteiger partial charge in [0, 0.05) is 18.5 Å². The van der Waals surface area contributed by atoms with Crippen LogP contribution in [0.25, 0.3) is 0 Å². The molecule has 6 nitrogen and oxygen atoms in total. The van der Waals surface area contributed by atoms with Crippen molar-refractivity contribution >= 4 is 23.2 Å². The molecule has 1 aliphatic rings. The summed E-state index contributed by atoms with van der Waals surface area (Å²) in [6.45, 7) is 3.87. The maximum atomic E-state index is 12.6. The molecule has 1 unspecified atom stereocenters. The Morgan fingerprint density at radius 3 is 2.56 bits per heavy atom. The average Bonchev–Trinajstić information content (AvgIpc) is 2.68. The maximum absolute atomic E-state index is 12.6. The van der Waals surface area contributed by atoms with Gasteiger partial charge < -0.3 is 10.1 Å². The van der Waals surface area contributed by atoms with E-state index in [-0.39, 0.29) is 11.8 Å². The number of hydrogen-bond donors (Lipinski definition) is 2. The molecule has 0 aliphatic carbocycles. The molecule has 6 heteroatoms. The molecule has 0 bridgehead atoms. The van der Waals surface area contributed by atoms with Crippen molar-refractivity contribution in [3.05, 3.63) is 59.7 Å². The Bertz CT molecular complexity index is 859. The monoisotopic (exact) mass is 365 g/mol. The van der Waals surface area contributed by atoms with E-state index in [0.29, 0.717) is 30.7 Å². The Hall–Kier alpha value is -3.15. The Kier molecular flexibility index (Phi) is 5.86. The van der Waals surface area contributed by atoms with Crippen LogP contribution in [0.4, 0.5) is 5.69 Å². The van der Waals surface area contributed by atoms with Crippen molar-refractivity contribution in [3.8, 4) is 5.75 Å². The summed E-state index contributed by atoms with van der Waals surface area (Å²) in [5, 5.41) is 6.97. The van der Waals surface area contributed by atoms with Crippen molar-refractivity contribution < 1.29 is 14.3 Å². The zero-order valence-electron chi connectivity index (χ0n) is 15.5. The van der Waals surface area contributed by atoms with Gasteiger partial charge in [0.25, 0.3) is 5.91 Å². The van der Waals surface area contributed by atoms with Crippen LogP contribution in [-0.2, 0) is 9.59 Å². The van der Waals surface area contributed by atoms with Gasteiger partial charge in [-0.05, 0) is 42.7 Å². The van der Waals surface area contributed by atoms with E-state index in [1.165, 1.54) is 0 Å². The van der Waals surface area contributed by atoms with Crippen molar-refractivity contribution in [3.63, 3.8) is 0 Å². The molecular weight excluding hydrogens is 342 g/mol. The number of nitrogens with zero attached hydrogens (tertiary/aromatic N) is 1.